The molecule has 0 saturated carbocycles. The van der Waals surface area contributed by atoms with Crippen LogP contribution in [0.2, 0.25) is 0 Å². The predicted octanol–water partition coefficient (Wildman–Crippen LogP) is 3.87. The molecule has 5 nitrogen and oxygen atoms in total. The van der Waals surface area contributed by atoms with E-state index in [1.807, 2.05) is 41.8 Å². The van der Waals surface area contributed by atoms with Crippen molar-refractivity contribution in [3.05, 3.63) is 52.1 Å². The summed E-state index contributed by atoms with van der Waals surface area (Å²) in [6.45, 7) is 2.19. The molecule has 0 spiro atoms. The first-order chi connectivity index (χ1) is 11.2. The van der Waals surface area contributed by atoms with Crippen LogP contribution >= 0.6 is 23.6 Å². The van der Waals surface area contributed by atoms with Gasteiger partial charge in [-0.15, -0.1) is 11.3 Å². The minimum Gasteiger partial charge on any atom is -0.324 e. The van der Waals surface area contributed by atoms with Crippen LogP contribution < -0.4 is 5.32 Å². The number of benzene rings is 1. The molecule has 0 saturated heterocycles. The molecular weight excluding hydrogens is 328 g/mol. The average Bonchev–Trinajstić information content (AvgIpc) is 3.19. The van der Waals surface area contributed by atoms with E-state index in [1.165, 1.54) is 0 Å². The van der Waals surface area contributed by atoms with E-state index in [2.05, 4.69) is 22.4 Å². The molecule has 7 heteroatoms. The fraction of sp³-hybridized carbons (Fsp3) is 0.188. The van der Waals surface area contributed by atoms with Crippen molar-refractivity contribution in [3.63, 3.8) is 0 Å². The monoisotopic (exact) mass is 344 g/mol. The molecule has 1 amide bonds. The molecule has 0 aliphatic carbocycles. The Morgan fingerprint density at radius 3 is 2.91 bits per heavy atom. The third-order valence-corrected chi connectivity index (χ3v) is 4.65. The molecule has 23 heavy (non-hydrogen) atoms. The van der Waals surface area contributed by atoms with Gasteiger partial charge in [-0.1, -0.05) is 31.2 Å². The third kappa shape index (κ3) is 3.40. The van der Waals surface area contributed by atoms with E-state index < -0.39 is 0 Å². The number of aryl methyl sites for hydroxylation is 1. The van der Waals surface area contributed by atoms with Crippen molar-refractivity contribution in [3.8, 4) is 10.7 Å². The SMILES string of the molecule is CCc1ccccc1NC(=O)Cn1c(-c2cccs2)n[nH]c1=S. The minimum absolute atomic E-state index is 0.124. The summed E-state index contributed by atoms with van der Waals surface area (Å²) < 4.78 is 2.15. The highest BCUT2D eigenvalue weighted by Crippen LogP contribution is 2.23. The second-order valence-corrected chi connectivity index (χ2v) is 6.31. The largest absolute Gasteiger partial charge is 0.324 e. The Morgan fingerprint density at radius 2 is 2.17 bits per heavy atom. The van der Waals surface area contributed by atoms with Crippen LogP contribution in [0.5, 0.6) is 0 Å². The molecule has 0 atom stereocenters. The van der Waals surface area contributed by atoms with Gasteiger partial charge in [0, 0.05) is 5.69 Å². The Kier molecular flexibility index (Phi) is 4.68. The molecule has 2 heterocycles. The number of anilines is 1. The molecule has 0 fully saturated rings. The van der Waals surface area contributed by atoms with Crippen molar-refractivity contribution in [2.45, 2.75) is 19.9 Å². The van der Waals surface area contributed by atoms with E-state index in [4.69, 9.17) is 12.2 Å². The van der Waals surface area contributed by atoms with Crippen molar-refractivity contribution in [2.75, 3.05) is 5.32 Å². The maximum absolute atomic E-state index is 12.4. The van der Waals surface area contributed by atoms with E-state index >= 15 is 0 Å². The number of aromatic amines is 1. The number of carbonyl (C=O) groups is 1. The first-order valence-corrected chi connectivity index (χ1v) is 8.54. The summed E-state index contributed by atoms with van der Waals surface area (Å²) in [6, 6.07) is 11.7. The zero-order chi connectivity index (χ0) is 16.2. The molecule has 0 aliphatic heterocycles. The number of amides is 1. The number of hydrogen-bond acceptors (Lipinski definition) is 4. The maximum atomic E-state index is 12.4. The second kappa shape index (κ2) is 6.89. The lowest BCUT2D eigenvalue weighted by Gasteiger charge is -2.10. The average molecular weight is 344 g/mol. The van der Waals surface area contributed by atoms with Crippen LogP contribution in [-0.4, -0.2) is 20.7 Å². The summed E-state index contributed by atoms with van der Waals surface area (Å²) in [7, 11) is 0. The molecule has 3 rings (SSSR count). The summed E-state index contributed by atoms with van der Waals surface area (Å²) in [5, 5.41) is 11.9. The number of thiophene rings is 1. The van der Waals surface area contributed by atoms with Crippen molar-refractivity contribution >= 4 is 35.1 Å². The smallest absolute Gasteiger partial charge is 0.244 e. The van der Waals surface area contributed by atoms with Gasteiger partial charge in [0.05, 0.1) is 4.88 Å². The molecule has 2 N–H and O–H groups in total. The van der Waals surface area contributed by atoms with Gasteiger partial charge in [-0.2, -0.15) is 5.10 Å². The fourth-order valence-electron chi connectivity index (χ4n) is 2.34. The van der Waals surface area contributed by atoms with E-state index in [-0.39, 0.29) is 12.5 Å². The lowest BCUT2D eigenvalue weighted by molar-refractivity contribution is -0.116. The highest BCUT2D eigenvalue weighted by molar-refractivity contribution is 7.71. The Morgan fingerprint density at radius 1 is 1.35 bits per heavy atom. The van der Waals surface area contributed by atoms with Gasteiger partial charge in [-0.25, -0.2) is 0 Å². The van der Waals surface area contributed by atoms with E-state index in [1.54, 1.807) is 15.9 Å². The van der Waals surface area contributed by atoms with Crippen LogP contribution in [0.25, 0.3) is 10.7 Å². The molecule has 2 aromatic heterocycles. The topological polar surface area (TPSA) is 62.7 Å². The molecular formula is C16H16N4OS2. The quantitative estimate of drug-likeness (QED) is 0.691. The first kappa shape index (κ1) is 15.6. The number of carbonyl (C=O) groups excluding carboxylic acids is 1. The minimum atomic E-state index is -0.124. The van der Waals surface area contributed by atoms with Gasteiger partial charge >= 0.3 is 0 Å². The van der Waals surface area contributed by atoms with Gasteiger partial charge in [0.15, 0.2) is 10.6 Å². The summed E-state index contributed by atoms with van der Waals surface area (Å²) in [5.74, 6) is 0.560. The molecule has 1 aromatic carbocycles. The highest BCUT2D eigenvalue weighted by atomic mass is 32.1. The van der Waals surface area contributed by atoms with Gasteiger partial charge in [-0.05, 0) is 41.7 Å². The molecule has 0 radical (unpaired) electrons. The van der Waals surface area contributed by atoms with Crippen molar-refractivity contribution in [1.29, 1.82) is 0 Å². The third-order valence-electron chi connectivity index (χ3n) is 3.47. The van der Waals surface area contributed by atoms with Crippen LogP contribution in [0.15, 0.2) is 41.8 Å². The number of para-hydroxylation sites is 1. The lowest BCUT2D eigenvalue weighted by atomic mass is 10.1. The molecule has 0 aliphatic rings. The zero-order valence-corrected chi connectivity index (χ0v) is 14.2. The Labute approximate surface area is 143 Å². The normalized spacial score (nSPS) is 10.7. The summed E-state index contributed by atoms with van der Waals surface area (Å²) in [5.41, 5.74) is 1.95. The lowest BCUT2D eigenvalue weighted by Crippen LogP contribution is -2.20. The molecule has 0 bridgehead atoms. The number of aromatic nitrogens is 3. The molecule has 3 aromatic rings. The Bertz CT molecular complexity index is 864. The van der Waals surface area contributed by atoms with Crippen LogP contribution in [-0.2, 0) is 17.8 Å². The molecule has 0 unspecified atom stereocenters. The fourth-order valence-corrected chi connectivity index (χ4v) is 3.26. The van der Waals surface area contributed by atoms with Gasteiger partial charge in [0.25, 0.3) is 0 Å². The summed E-state index contributed by atoms with van der Waals surface area (Å²) in [4.78, 5) is 13.4. The van der Waals surface area contributed by atoms with Crippen LogP contribution in [0.4, 0.5) is 5.69 Å². The standard InChI is InChI=1S/C16H16N4OS2/c1-2-11-6-3-4-7-12(11)17-14(21)10-20-15(18-19-16(20)22)13-8-5-9-23-13/h3-9H,2,10H2,1H3,(H,17,21)(H,19,22). The number of H-pyrrole nitrogens is 1. The Hall–Kier alpha value is -2.25. The van der Waals surface area contributed by atoms with Crippen molar-refractivity contribution < 1.29 is 4.79 Å². The number of nitrogens with zero attached hydrogens (tertiary/aromatic N) is 2. The summed E-state index contributed by atoms with van der Waals surface area (Å²) in [6.07, 6.45) is 0.863. The van der Waals surface area contributed by atoms with Gasteiger partial charge < -0.3 is 5.32 Å². The van der Waals surface area contributed by atoms with Crippen LogP contribution in [0, 0.1) is 4.77 Å². The molecule has 118 valence electrons. The van der Waals surface area contributed by atoms with Crippen LogP contribution in [0.3, 0.4) is 0 Å². The van der Waals surface area contributed by atoms with Crippen molar-refractivity contribution in [2.24, 2.45) is 0 Å². The van der Waals surface area contributed by atoms with Crippen LogP contribution in [0.1, 0.15) is 12.5 Å². The number of hydrogen-bond donors (Lipinski definition) is 2. The second-order valence-electron chi connectivity index (χ2n) is 4.97. The number of rotatable bonds is 5. The van der Waals surface area contributed by atoms with Gasteiger partial charge in [0.2, 0.25) is 5.91 Å². The summed E-state index contributed by atoms with van der Waals surface area (Å²) >= 11 is 6.81. The highest BCUT2D eigenvalue weighted by Gasteiger charge is 2.13. The van der Waals surface area contributed by atoms with Gasteiger partial charge in [0.1, 0.15) is 6.54 Å². The van der Waals surface area contributed by atoms with E-state index in [9.17, 15) is 4.79 Å². The van der Waals surface area contributed by atoms with E-state index in [0.29, 0.717) is 10.6 Å². The van der Waals surface area contributed by atoms with E-state index in [0.717, 1.165) is 22.5 Å². The van der Waals surface area contributed by atoms with Crippen molar-refractivity contribution in [1.82, 2.24) is 14.8 Å². The maximum Gasteiger partial charge on any atom is 0.244 e. The Balaban J connectivity index is 1.81. The predicted molar refractivity (Wildman–Crippen MR) is 95.2 cm³/mol. The zero-order valence-electron chi connectivity index (χ0n) is 12.6. The first-order valence-electron chi connectivity index (χ1n) is 7.26. The van der Waals surface area contributed by atoms with Gasteiger partial charge in [-0.3, -0.25) is 14.5 Å². The number of nitrogens with one attached hydrogen (secondary N) is 2.